The number of rotatable bonds is 5. The first-order chi connectivity index (χ1) is 8.17. The topological polar surface area (TPSA) is 51.2 Å². The molecular formula is C11H11BrN2O2S. The number of ether oxygens (including phenoxy) is 1. The predicted octanol–water partition coefficient (Wildman–Crippen LogP) is 3.75. The van der Waals surface area contributed by atoms with Crippen LogP contribution in [0.3, 0.4) is 0 Å². The number of thiazole rings is 1. The third-order valence-electron chi connectivity index (χ3n) is 1.71. The molecule has 1 heterocycles. The number of aromatic nitrogens is 1. The lowest BCUT2D eigenvalue weighted by Crippen LogP contribution is -2.15. The van der Waals surface area contributed by atoms with Crippen LogP contribution >= 0.6 is 27.3 Å². The summed E-state index contributed by atoms with van der Waals surface area (Å²) in [7, 11) is 0. The molecule has 4 nitrogen and oxygen atoms in total. The summed E-state index contributed by atoms with van der Waals surface area (Å²) < 4.78 is 5.73. The van der Waals surface area contributed by atoms with Crippen molar-refractivity contribution >= 4 is 39.2 Å². The molecule has 90 valence electrons. The molecular weight excluding hydrogens is 304 g/mol. The van der Waals surface area contributed by atoms with Gasteiger partial charge in [0.2, 0.25) is 0 Å². The normalized spacial score (nSPS) is 10.8. The fourth-order valence-electron chi connectivity index (χ4n) is 0.921. The van der Waals surface area contributed by atoms with Crippen LogP contribution in [0.15, 0.2) is 46.3 Å². The number of anilines is 1. The van der Waals surface area contributed by atoms with Gasteiger partial charge >= 0.3 is 6.09 Å². The van der Waals surface area contributed by atoms with Gasteiger partial charge in [-0.05, 0) is 21.5 Å². The van der Waals surface area contributed by atoms with Gasteiger partial charge in [0.05, 0.1) is 5.51 Å². The number of carbonyl (C=O) groups excluding carboxylic acids is 1. The SMILES string of the molecule is C=C/C=C(\C=C)COC(=O)Nc1ncsc1Br. The van der Waals surface area contributed by atoms with E-state index in [1.165, 1.54) is 11.3 Å². The predicted molar refractivity (Wildman–Crippen MR) is 73.3 cm³/mol. The highest BCUT2D eigenvalue weighted by Crippen LogP contribution is 2.25. The number of allylic oxidation sites excluding steroid dienone is 2. The highest BCUT2D eigenvalue weighted by molar-refractivity contribution is 9.11. The number of carbonyl (C=O) groups is 1. The van der Waals surface area contributed by atoms with Crippen molar-refractivity contribution in [2.24, 2.45) is 0 Å². The summed E-state index contributed by atoms with van der Waals surface area (Å²) in [6, 6.07) is 0. The van der Waals surface area contributed by atoms with Crippen LogP contribution in [0.4, 0.5) is 10.6 Å². The Morgan fingerprint density at radius 3 is 2.94 bits per heavy atom. The number of halogens is 1. The molecule has 17 heavy (non-hydrogen) atoms. The van der Waals surface area contributed by atoms with Crippen molar-refractivity contribution in [3.05, 3.63) is 46.3 Å². The van der Waals surface area contributed by atoms with E-state index in [9.17, 15) is 4.79 Å². The van der Waals surface area contributed by atoms with Gasteiger partial charge in [0.1, 0.15) is 10.4 Å². The first kappa shape index (κ1) is 13.7. The lowest BCUT2D eigenvalue weighted by molar-refractivity contribution is 0.172. The standard InChI is InChI=1S/C11H11BrN2O2S/c1-3-5-8(4-2)6-16-11(15)14-10-9(12)17-7-13-10/h3-5,7H,1-2,6H2,(H,14,15)/b8-5+. The first-order valence-corrected chi connectivity index (χ1v) is 6.31. The van der Waals surface area contributed by atoms with Gasteiger partial charge < -0.3 is 4.74 Å². The number of nitrogens with one attached hydrogen (secondary N) is 1. The molecule has 0 spiro atoms. The van der Waals surface area contributed by atoms with Gasteiger partial charge in [-0.25, -0.2) is 9.78 Å². The summed E-state index contributed by atoms with van der Waals surface area (Å²) >= 11 is 4.64. The largest absolute Gasteiger partial charge is 0.444 e. The van der Waals surface area contributed by atoms with Crippen LogP contribution in [0.25, 0.3) is 0 Å². The van der Waals surface area contributed by atoms with Crippen LogP contribution in [0.2, 0.25) is 0 Å². The summed E-state index contributed by atoms with van der Waals surface area (Å²) in [6.45, 7) is 7.30. The van der Waals surface area contributed by atoms with E-state index < -0.39 is 6.09 Å². The quantitative estimate of drug-likeness (QED) is 0.842. The van der Waals surface area contributed by atoms with Gasteiger partial charge in [0, 0.05) is 0 Å². The number of hydrogen-bond donors (Lipinski definition) is 1. The van der Waals surface area contributed by atoms with Gasteiger partial charge in [-0.2, -0.15) is 0 Å². The summed E-state index contributed by atoms with van der Waals surface area (Å²) in [6.07, 6.45) is 4.37. The lowest BCUT2D eigenvalue weighted by Gasteiger charge is -2.05. The summed E-state index contributed by atoms with van der Waals surface area (Å²) in [5, 5.41) is 2.52. The zero-order valence-corrected chi connectivity index (χ0v) is 11.4. The molecule has 0 fully saturated rings. The molecule has 1 N–H and O–H groups in total. The third kappa shape index (κ3) is 4.54. The second kappa shape index (κ2) is 7.03. The van der Waals surface area contributed by atoms with Crippen molar-refractivity contribution in [1.29, 1.82) is 0 Å². The average Bonchev–Trinajstić information content (AvgIpc) is 2.70. The first-order valence-electron chi connectivity index (χ1n) is 4.64. The summed E-state index contributed by atoms with van der Waals surface area (Å²) in [5.41, 5.74) is 2.39. The smallest absolute Gasteiger partial charge is 0.413 e. The molecule has 0 saturated heterocycles. The molecule has 0 aliphatic carbocycles. The Bertz CT molecular complexity index is 454. The highest BCUT2D eigenvalue weighted by Gasteiger charge is 2.08. The number of amides is 1. The molecule has 0 saturated carbocycles. The molecule has 0 unspecified atom stereocenters. The molecule has 1 rings (SSSR count). The Morgan fingerprint density at radius 2 is 2.41 bits per heavy atom. The van der Waals surface area contributed by atoms with Crippen molar-refractivity contribution in [3.63, 3.8) is 0 Å². The van der Waals surface area contributed by atoms with Crippen LogP contribution in [-0.4, -0.2) is 17.7 Å². The Labute approximate surface area is 112 Å². The molecule has 1 amide bonds. The van der Waals surface area contributed by atoms with Gasteiger partial charge in [-0.15, -0.1) is 11.3 Å². The highest BCUT2D eigenvalue weighted by atomic mass is 79.9. The van der Waals surface area contributed by atoms with E-state index in [-0.39, 0.29) is 6.61 Å². The molecule has 1 aromatic rings. The zero-order chi connectivity index (χ0) is 12.7. The number of nitrogens with zero attached hydrogens (tertiary/aromatic N) is 1. The van der Waals surface area contributed by atoms with Crippen molar-refractivity contribution in [2.75, 3.05) is 11.9 Å². The van der Waals surface area contributed by atoms with E-state index in [1.807, 2.05) is 0 Å². The molecule has 0 aromatic carbocycles. The van der Waals surface area contributed by atoms with Gasteiger partial charge in [-0.1, -0.05) is 31.4 Å². The van der Waals surface area contributed by atoms with E-state index in [2.05, 4.69) is 39.4 Å². The molecule has 0 radical (unpaired) electrons. The van der Waals surface area contributed by atoms with Crippen molar-refractivity contribution < 1.29 is 9.53 Å². The van der Waals surface area contributed by atoms with Crippen molar-refractivity contribution in [2.45, 2.75) is 0 Å². The minimum absolute atomic E-state index is 0.142. The maximum absolute atomic E-state index is 11.4. The minimum atomic E-state index is -0.562. The Kier molecular flexibility index (Phi) is 5.65. The van der Waals surface area contributed by atoms with Crippen LogP contribution in [-0.2, 0) is 4.74 Å². The van der Waals surface area contributed by atoms with Crippen LogP contribution in [0.1, 0.15) is 0 Å². The van der Waals surface area contributed by atoms with E-state index in [1.54, 1.807) is 23.7 Å². The molecule has 1 aromatic heterocycles. The van der Waals surface area contributed by atoms with Crippen LogP contribution < -0.4 is 5.32 Å². The maximum Gasteiger partial charge on any atom is 0.413 e. The minimum Gasteiger partial charge on any atom is -0.444 e. The van der Waals surface area contributed by atoms with E-state index in [4.69, 9.17) is 4.74 Å². The Morgan fingerprint density at radius 1 is 1.65 bits per heavy atom. The monoisotopic (exact) mass is 314 g/mol. The molecule has 0 atom stereocenters. The van der Waals surface area contributed by atoms with Crippen molar-refractivity contribution in [3.8, 4) is 0 Å². The molecule has 0 aliphatic heterocycles. The summed E-state index contributed by atoms with van der Waals surface area (Å²) in [4.78, 5) is 15.4. The lowest BCUT2D eigenvalue weighted by atomic mass is 10.2. The molecule has 6 heteroatoms. The second-order valence-electron chi connectivity index (χ2n) is 2.86. The fourth-order valence-corrected chi connectivity index (χ4v) is 1.84. The van der Waals surface area contributed by atoms with E-state index >= 15 is 0 Å². The zero-order valence-electron chi connectivity index (χ0n) is 8.98. The van der Waals surface area contributed by atoms with Crippen LogP contribution in [0, 0.1) is 0 Å². The maximum atomic E-state index is 11.4. The molecule has 0 bridgehead atoms. The average molecular weight is 315 g/mol. The van der Waals surface area contributed by atoms with Crippen LogP contribution in [0.5, 0.6) is 0 Å². The third-order valence-corrected chi connectivity index (χ3v) is 3.26. The van der Waals surface area contributed by atoms with Crippen molar-refractivity contribution in [1.82, 2.24) is 4.98 Å². The van der Waals surface area contributed by atoms with Gasteiger partial charge in [0.25, 0.3) is 0 Å². The summed E-state index contributed by atoms with van der Waals surface area (Å²) in [5.74, 6) is 0.452. The Hall–Kier alpha value is -1.40. The fraction of sp³-hybridized carbons (Fsp3) is 0.0909. The molecule has 0 aliphatic rings. The van der Waals surface area contributed by atoms with E-state index in [0.717, 1.165) is 9.36 Å². The van der Waals surface area contributed by atoms with Gasteiger partial charge in [0.15, 0.2) is 5.82 Å². The Balaban J connectivity index is 2.46. The number of hydrogen-bond acceptors (Lipinski definition) is 4. The van der Waals surface area contributed by atoms with Gasteiger partial charge in [-0.3, -0.25) is 5.32 Å². The second-order valence-corrected chi connectivity index (χ2v) is 5.03. The van der Waals surface area contributed by atoms with E-state index in [0.29, 0.717) is 5.82 Å².